The van der Waals surface area contributed by atoms with E-state index in [0.29, 0.717) is 25.7 Å². The summed E-state index contributed by atoms with van der Waals surface area (Å²) in [5.41, 5.74) is 0. The van der Waals surface area contributed by atoms with Crippen molar-refractivity contribution in [2.45, 2.75) is 412 Å². The fourth-order valence-corrected chi connectivity index (χ4v) is 13.2. The van der Waals surface area contributed by atoms with E-state index in [1.807, 2.05) is 0 Å². The molecule has 17 nitrogen and oxygen atoms in total. The quantitative estimate of drug-likeness (QED) is 0.0169. The molecule has 3 N–H and O–H groups in total. The number of esters is 4. The number of carbonyl (C=O) groups excluding carboxylic acids is 4. The molecule has 3 unspecified atom stereocenters. The second-order valence-corrected chi connectivity index (χ2v) is 30.9. The summed E-state index contributed by atoms with van der Waals surface area (Å²) in [6.45, 7) is 7.27. The third kappa shape index (κ3) is 70.6. The number of aliphatic hydroxyl groups is 1. The third-order valence-electron chi connectivity index (χ3n) is 18.3. The Hall–Kier alpha value is -2.46. The van der Waals surface area contributed by atoms with Crippen molar-refractivity contribution in [3.8, 4) is 0 Å². The van der Waals surface area contributed by atoms with Gasteiger partial charge in [-0.2, -0.15) is 0 Å². The van der Waals surface area contributed by atoms with Gasteiger partial charge in [-0.3, -0.25) is 37.3 Å². The number of aliphatic hydroxyl groups excluding tert-OH is 1. The lowest BCUT2D eigenvalue weighted by Gasteiger charge is -2.21. The Labute approximate surface area is 599 Å². The number of ether oxygens (including phenoxy) is 4. The Bertz CT molecular complexity index is 1970. The molecule has 0 radical (unpaired) electrons. The zero-order valence-electron chi connectivity index (χ0n) is 63.4. The molecule has 578 valence electrons. The molecule has 0 fully saturated rings. The van der Waals surface area contributed by atoms with Crippen LogP contribution in [-0.4, -0.2) is 96.7 Å². The van der Waals surface area contributed by atoms with E-state index in [0.717, 1.165) is 128 Å². The molecule has 0 amide bonds. The fourth-order valence-electron chi connectivity index (χ4n) is 11.7. The van der Waals surface area contributed by atoms with Crippen molar-refractivity contribution in [3.05, 3.63) is 24.3 Å². The Kier molecular flexibility index (Phi) is 69.7. The number of allylic oxidation sites excluding steroid dienone is 4. The summed E-state index contributed by atoms with van der Waals surface area (Å²) < 4.78 is 68.5. The highest BCUT2D eigenvalue weighted by molar-refractivity contribution is 7.47. The molecule has 98 heavy (non-hydrogen) atoms. The van der Waals surface area contributed by atoms with E-state index in [-0.39, 0.29) is 25.7 Å². The lowest BCUT2D eigenvalue weighted by atomic mass is 9.99. The van der Waals surface area contributed by atoms with Crippen LogP contribution in [0.4, 0.5) is 0 Å². The summed E-state index contributed by atoms with van der Waals surface area (Å²) in [7, 11) is -9.92. The smallest absolute Gasteiger partial charge is 0.462 e. The fraction of sp³-hybridized carbons (Fsp3) is 0.899. The van der Waals surface area contributed by atoms with Gasteiger partial charge >= 0.3 is 39.5 Å². The standard InChI is InChI=1S/C79H150O17P2/c1-6-10-13-16-19-21-23-25-31-36-39-43-48-53-58-63-77(82)90-69-75(96-79(84)65-60-55-50-45-41-37-33-30-28-27-29-32-34-38-42-47-51-56-61-72(5)9-4)71-94-98(87,88)92-67-73(80)66-91-97(85,86)93-70-74(68-89-76(81)62-57-52-46-18-15-12-8-3)95-78(83)64-59-54-49-44-40-35-26-24-22-20-17-14-11-7-2/h21,23,25,31,72-75,80H,6-20,22,24,26-30,32-71H2,1-5H3,(H,85,86)(H,87,88)/b23-21-,31-25-/t72?,73-,74+,75+/m0/s1. The number of unbranched alkanes of at least 4 members (excludes halogenated alkanes) is 45. The molecule has 0 aromatic carbocycles. The van der Waals surface area contributed by atoms with Crippen molar-refractivity contribution in [2.24, 2.45) is 5.92 Å². The molecule has 0 bridgehead atoms. The third-order valence-corrected chi connectivity index (χ3v) is 20.2. The highest BCUT2D eigenvalue weighted by Gasteiger charge is 2.30. The van der Waals surface area contributed by atoms with E-state index in [2.05, 4.69) is 58.9 Å². The van der Waals surface area contributed by atoms with E-state index < -0.39 is 97.5 Å². The average molecular weight is 1430 g/mol. The van der Waals surface area contributed by atoms with Gasteiger partial charge in [-0.25, -0.2) is 9.13 Å². The van der Waals surface area contributed by atoms with Crippen LogP contribution in [0.1, 0.15) is 394 Å². The number of phosphoric acid groups is 2. The van der Waals surface area contributed by atoms with Gasteiger partial charge < -0.3 is 33.8 Å². The highest BCUT2D eigenvalue weighted by atomic mass is 31.2. The van der Waals surface area contributed by atoms with E-state index in [4.69, 9.17) is 37.0 Å². The molecule has 0 rings (SSSR count). The van der Waals surface area contributed by atoms with Crippen LogP contribution in [0.15, 0.2) is 24.3 Å². The Morgan fingerprint density at radius 1 is 0.327 bits per heavy atom. The molecule has 0 spiro atoms. The molecule has 0 aliphatic carbocycles. The van der Waals surface area contributed by atoms with E-state index >= 15 is 0 Å². The van der Waals surface area contributed by atoms with E-state index in [1.54, 1.807) is 0 Å². The van der Waals surface area contributed by atoms with Crippen molar-refractivity contribution >= 4 is 39.5 Å². The maximum atomic E-state index is 13.1. The van der Waals surface area contributed by atoms with Crippen LogP contribution in [0.2, 0.25) is 0 Å². The highest BCUT2D eigenvalue weighted by Crippen LogP contribution is 2.45. The molecule has 0 saturated heterocycles. The first-order valence-corrected chi connectivity index (χ1v) is 43.5. The van der Waals surface area contributed by atoms with E-state index in [9.17, 15) is 43.2 Å². The Balaban J connectivity index is 5.19. The van der Waals surface area contributed by atoms with Crippen LogP contribution >= 0.6 is 15.6 Å². The largest absolute Gasteiger partial charge is 0.472 e. The van der Waals surface area contributed by atoms with Crippen LogP contribution in [0.3, 0.4) is 0 Å². The summed E-state index contributed by atoms with van der Waals surface area (Å²) in [5, 5.41) is 10.6. The first-order chi connectivity index (χ1) is 47.6. The number of rotatable bonds is 77. The van der Waals surface area contributed by atoms with Gasteiger partial charge in [0.25, 0.3) is 0 Å². The van der Waals surface area contributed by atoms with Crippen LogP contribution in [0.25, 0.3) is 0 Å². The maximum absolute atomic E-state index is 13.1. The predicted molar refractivity (Wildman–Crippen MR) is 400 cm³/mol. The normalized spacial score (nSPS) is 14.3. The molecule has 6 atom stereocenters. The second-order valence-electron chi connectivity index (χ2n) is 28.0. The van der Waals surface area contributed by atoms with Crippen LogP contribution in [0.5, 0.6) is 0 Å². The van der Waals surface area contributed by atoms with Gasteiger partial charge in [0.05, 0.1) is 26.4 Å². The molecule has 0 aliphatic heterocycles. The predicted octanol–water partition coefficient (Wildman–Crippen LogP) is 23.2. The zero-order valence-corrected chi connectivity index (χ0v) is 65.2. The molecule has 0 heterocycles. The van der Waals surface area contributed by atoms with Gasteiger partial charge in [0, 0.05) is 25.7 Å². The lowest BCUT2D eigenvalue weighted by molar-refractivity contribution is -0.161. The first kappa shape index (κ1) is 95.5. The molecule has 0 aromatic rings. The minimum atomic E-state index is -4.97. The number of hydrogen-bond donors (Lipinski definition) is 3. The van der Waals surface area contributed by atoms with Crippen molar-refractivity contribution < 1.29 is 80.2 Å². The SMILES string of the molecule is CCCCCC/C=C\C=C/CCCCCCCC(=O)OC[C@H](COP(=O)(O)OC[C@@H](O)COP(=O)(O)OC[C@@H](COC(=O)CCCCCCCCC)OC(=O)CCCCCCCCCCCCCCCC)OC(=O)CCCCCCCCCCCCCCCCCCCCC(C)CC. The van der Waals surface area contributed by atoms with Crippen LogP contribution < -0.4 is 0 Å². The zero-order chi connectivity index (χ0) is 71.9. The number of phosphoric ester groups is 2. The summed E-state index contributed by atoms with van der Waals surface area (Å²) in [4.78, 5) is 72.7. The van der Waals surface area contributed by atoms with Gasteiger partial charge in [0.2, 0.25) is 0 Å². The minimum absolute atomic E-state index is 0.102. The van der Waals surface area contributed by atoms with Crippen molar-refractivity contribution in [2.75, 3.05) is 39.6 Å². The molecule has 19 heteroatoms. The molecule has 0 aliphatic rings. The second kappa shape index (κ2) is 71.5. The summed E-state index contributed by atoms with van der Waals surface area (Å²) in [6, 6.07) is 0. The van der Waals surface area contributed by atoms with Crippen molar-refractivity contribution in [3.63, 3.8) is 0 Å². The number of hydrogen-bond acceptors (Lipinski definition) is 15. The Morgan fingerprint density at radius 3 is 0.867 bits per heavy atom. The van der Waals surface area contributed by atoms with Gasteiger partial charge in [-0.15, -0.1) is 0 Å². The molecule has 0 aromatic heterocycles. The van der Waals surface area contributed by atoms with Crippen molar-refractivity contribution in [1.29, 1.82) is 0 Å². The summed E-state index contributed by atoms with van der Waals surface area (Å²) in [6.07, 6.45) is 64.7. The van der Waals surface area contributed by atoms with Crippen molar-refractivity contribution in [1.82, 2.24) is 0 Å². The van der Waals surface area contributed by atoms with Gasteiger partial charge in [0.15, 0.2) is 12.2 Å². The molecular weight excluding hydrogens is 1280 g/mol. The summed E-state index contributed by atoms with van der Waals surface area (Å²) >= 11 is 0. The van der Waals surface area contributed by atoms with E-state index in [1.165, 1.54) is 186 Å². The van der Waals surface area contributed by atoms with Gasteiger partial charge in [-0.05, 0) is 57.3 Å². The van der Waals surface area contributed by atoms with Crippen LogP contribution in [0, 0.1) is 5.92 Å². The van der Waals surface area contributed by atoms with Gasteiger partial charge in [-0.1, -0.05) is 341 Å². The number of carbonyl (C=O) groups is 4. The average Bonchev–Trinajstić information content (AvgIpc) is 1.56. The first-order valence-electron chi connectivity index (χ1n) is 40.5. The Morgan fingerprint density at radius 2 is 0.571 bits per heavy atom. The monoisotopic (exact) mass is 1430 g/mol. The van der Waals surface area contributed by atoms with Gasteiger partial charge in [0.1, 0.15) is 19.3 Å². The lowest BCUT2D eigenvalue weighted by Crippen LogP contribution is -2.30. The topological polar surface area (TPSA) is 237 Å². The molecule has 0 saturated carbocycles. The summed E-state index contributed by atoms with van der Waals surface area (Å²) in [5.74, 6) is -1.28. The molecular formula is C79H150O17P2. The maximum Gasteiger partial charge on any atom is 0.472 e. The van der Waals surface area contributed by atoms with Crippen LogP contribution in [-0.2, 0) is 65.4 Å². The minimum Gasteiger partial charge on any atom is -0.462 e.